The van der Waals surface area contributed by atoms with Crippen molar-refractivity contribution in [1.29, 1.82) is 0 Å². The van der Waals surface area contributed by atoms with E-state index in [0.29, 0.717) is 65.8 Å². The third-order valence-electron chi connectivity index (χ3n) is 4.00. The summed E-state index contributed by atoms with van der Waals surface area (Å²) in [6.07, 6.45) is 0.994. The molecule has 0 bridgehead atoms. The van der Waals surface area contributed by atoms with Crippen LogP contribution >= 0.6 is 0 Å². The van der Waals surface area contributed by atoms with Gasteiger partial charge in [0.05, 0.1) is 52.9 Å². The summed E-state index contributed by atoms with van der Waals surface area (Å²) in [4.78, 5) is 46.4. The van der Waals surface area contributed by atoms with E-state index in [9.17, 15) is 19.2 Å². The fourth-order valence-electron chi connectivity index (χ4n) is 2.41. The summed E-state index contributed by atoms with van der Waals surface area (Å²) in [5.41, 5.74) is 0. The molecule has 1 aliphatic heterocycles. The number of carbonyl (C=O) groups excluding carboxylic acids is 4. The molecule has 1 fully saturated rings. The van der Waals surface area contributed by atoms with Gasteiger partial charge in [-0.3, -0.25) is 24.1 Å². The van der Waals surface area contributed by atoms with Gasteiger partial charge < -0.3 is 24.3 Å². The van der Waals surface area contributed by atoms with Crippen LogP contribution in [0.2, 0.25) is 0 Å². The molecule has 0 aromatic rings. The first kappa shape index (κ1) is 25.2. The van der Waals surface area contributed by atoms with Crippen molar-refractivity contribution in [2.24, 2.45) is 0 Å². The lowest BCUT2D eigenvalue weighted by atomic mass is 10.3. The molecule has 10 nitrogen and oxygen atoms in total. The topological polar surface area (TPSA) is 120 Å². The quantitative estimate of drug-likeness (QED) is 0.239. The van der Waals surface area contributed by atoms with Crippen LogP contribution in [0, 0.1) is 0 Å². The van der Waals surface area contributed by atoms with E-state index >= 15 is 0 Å². The van der Waals surface area contributed by atoms with Crippen LogP contribution < -0.4 is 5.32 Å². The maximum Gasteiger partial charge on any atom is 0.229 e. The van der Waals surface area contributed by atoms with Gasteiger partial charge in [-0.05, 0) is 6.92 Å². The van der Waals surface area contributed by atoms with Crippen molar-refractivity contribution in [1.82, 2.24) is 10.2 Å². The average Bonchev–Trinajstić information content (AvgIpc) is 3.00. The number of Topliss-reactive ketones (excluding diaryl/α,β-unsaturated/α-hetero) is 1. The molecule has 166 valence electrons. The molecule has 0 aliphatic carbocycles. The Hall–Kier alpha value is -1.88. The van der Waals surface area contributed by atoms with E-state index < -0.39 is 0 Å². The minimum atomic E-state index is -0.222. The van der Waals surface area contributed by atoms with Crippen molar-refractivity contribution >= 4 is 23.5 Å². The van der Waals surface area contributed by atoms with Gasteiger partial charge in [0.2, 0.25) is 17.7 Å². The zero-order valence-corrected chi connectivity index (χ0v) is 17.1. The number of carbonyl (C=O) groups is 4. The lowest BCUT2D eigenvalue weighted by Crippen LogP contribution is -2.35. The molecule has 0 saturated carbocycles. The van der Waals surface area contributed by atoms with E-state index in [1.54, 1.807) is 0 Å². The molecule has 3 amide bonds. The van der Waals surface area contributed by atoms with Gasteiger partial charge in [-0.2, -0.15) is 0 Å². The summed E-state index contributed by atoms with van der Waals surface area (Å²) in [7, 11) is 0. The Morgan fingerprint density at radius 3 is 1.79 bits per heavy atom. The monoisotopic (exact) mass is 416 g/mol. The number of likely N-dealkylation sites (tertiary alicyclic amines) is 1. The number of ether oxygens (including phenoxy) is 4. The molecule has 0 unspecified atom stereocenters. The Bertz CT molecular complexity index is 510. The van der Waals surface area contributed by atoms with Crippen molar-refractivity contribution < 1.29 is 38.1 Å². The van der Waals surface area contributed by atoms with Crippen molar-refractivity contribution in [3.63, 3.8) is 0 Å². The number of nitrogens with one attached hydrogen (secondary N) is 1. The molecule has 0 aromatic carbocycles. The summed E-state index contributed by atoms with van der Waals surface area (Å²) in [6.45, 7) is 5.42. The predicted octanol–water partition coefficient (Wildman–Crippen LogP) is -0.313. The molecule has 1 heterocycles. The van der Waals surface area contributed by atoms with Crippen LogP contribution in [-0.4, -0.2) is 94.3 Å². The highest BCUT2D eigenvalue weighted by atomic mass is 16.6. The molecule has 0 atom stereocenters. The first-order valence-electron chi connectivity index (χ1n) is 9.91. The summed E-state index contributed by atoms with van der Waals surface area (Å²) in [6, 6.07) is 0. The van der Waals surface area contributed by atoms with E-state index in [-0.39, 0.29) is 49.3 Å². The summed E-state index contributed by atoms with van der Waals surface area (Å²) in [5.74, 6) is -0.541. The highest BCUT2D eigenvalue weighted by Gasteiger charge is 2.28. The minimum absolute atomic E-state index is 0.0996. The number of rotatable bonds is 18. The third kappa shape index (κ3) is 13.1. The maximum absolute atomic E-state index is 11.7. The molecular formula is C19H32N2O8. The number of imide groups is 1. The molecule has 0 radical (unpaired) electrons. The van der Waals surface area contributed by atoms with E-state index in [4.69, 9.17) is 18.9 Å². The van der Waals surface area contributed by atoms with E-state index in [2.05, 4.69) is 5.32 Å². The van der Waals surface area contributed by atoms with Crippen molar-refractivity contribution in [3.05, 3.63) is 0 Å². The van der Waals surface area contributed by atoms with Gasteiger partial charge in [-0.15, -0.1) is 0 Å². The summed E-state index contributed by atoms with van der Waals surface area (Å²) >= 11 is 0. The van der Waals surface area contributed by atoms with Crippen LogP contribution in [0.3, 0.4) is 0 Å². The molecule has 1 N–H and O–H groups in total. The highest BCUT2D eigenvalue weighted by Crippen LogP contribution is 2.11. The molecule has 29 heavy (non-hydrogen) atoms. The van der Waals surface area contributed by atoms with Gasteiger partial charge in [0.1, 0.15) is 5.78 Å². The van der Waals surface area contributed by atoms with Gasteiger partial charge in [-0.25, -0.2) is 0 Å². The van der Waals surface area contributed by atoms with E-state index in [1.165, 1.54) is 6.92 Å². The van der Waals surface area contributed by atoms with Crippen LogP contribution in [0.1, 0.15) is 32.6 Å². The van der Waals surface area contributed by atoms with E-state index in [0.717, 1.165) is 4.90 Å². The molecule has 0 spiro atoms. The second-order valence-corrected chi connectivity index (χ2v) is 6.44. The smallest absolute Gasteiger partial charge is 0.229 e. The fraction of sp³-hybridized carbons (Fsp3) is 0.789. The zero-order valence-electron chi connectivity index (χ0n) is 17.1. The number of hydrogen-bond donors (Lipinski definition) is 1. The number of hydrogen-bond acceptors (Lipinski definition) is 8. The molecule has 10 heteroatoms. The molecule has 1 aliphatic rings. The second-order valence-electron chi connectivity index (χ2n) is 6.44. The molecule has 0 aromatic heterocycles. The SMILES string of the molecule is CC(=O)CCOCCOCCOCCOCCNC(=O)CCN1C(=O)CCC1=O. The van der Waals surface area contributed by atoms with Crippen LogP contribution in [0.15, 0.2) is 0 Å². The molecule has 1 saturated heterocycles. The Kier molecular flexibility index (Phi) is 13.9. The van der Waals surface area contributed by atoms with Gasteiger partial charge in [0, 0.05) is 38.8 Å². The largest absolute Gasteiger partial charge is 0.379 e. The number of nitrogens with zero attached hydrogens (tertiary/aromatic N) is 1. The zero-order chi connectivity index (χ0) is 21.3. The van der Waals surface area contributed by atoms with Crippen LogP contribution in [-0.2, 0) is 38.1 Å². The summed E-state index contributed by atoms with van der Waals surface area (Å²) < 4.78 is 21.2. The van der Waals surface area contributed by atoms with Gasteiger partial charge in [-0.1, -0.05) is 0 Å². The lowest BCUT2D eigenvalue weighted by Gasteiger charge is -2.13. The normalized spacial score (nSPS) is 13.9. The number of ketones is 1. The predicted molar refractivity (Wildman–Crippen MR) is 102 cm³/mol. The van der Waals surface area contributed by atoms with Crippen molar-refractivity contribution in [2.75, 3.05) is 65.9 Å². The second kappa shape index (κ2) is 16.0. The molecular weight excluding hydrogens is 384 g/mol. The average molecular weight is 416 g/mol. The third-order valence-corrected chi connectivity index (χ3v) is 4.00. The Balaban J connectivity index is 1.79. The first-order chi connectivity index (χ1) is 14.0. The van der Waals surface area contributed by atoms with Gasteiger partial charge in [0.25, 0.3) is 0 Å². The van der Waals surface area contributed by atoms with Crippen LogP contribution in [0.25, 0.3) is 0 Å². The van der Waals surface area contributed by atoms with Gasteiger partial charge >= 0.3 is 0 Å². The standard InChI is InChI=1S/C19H32N2O8/c1-16(22)5-8-26-10-12-28-14-15-29-13-11-27-9-6-20-17(23)4-7-21-18(24)2-3-19(21)25/h2-15H2,1H3,(H,20,23). The Labute approximate surface area is 171 Å². The Morgan fingerprint density at radius 1 is 0.793 bits per heavy atom. The molecule has 1 rings (SSSR count). The highest BCUT2D eigenvalue weighted by molar-refractivity contribution is 6.02. The van der Waals surface area contributed by atoms with Crippen molar-refractivity contribution in [3.8, 4) is 0 Å². The minimum Gasteiger partial charge on any atom is -0.379 e. The van der Waals surface area contributed by atoms with Crippen LogP contribution in [0.4, 0.5) is 0 Å². The van der Waals surface area contributed by atoms with Crippen LogP contribution in [0.5, 0.6) is 0 Å². The number of amides is 3. The first-order valence-corrected chi connectivity index (χ1v) is 9.91. The van der Waals surface area contributed by atoms with Gasteiger partial charge in [0.15, 0.2) is 0 Å². The van der Waals surface area contributed by atoms with E-state index in [1.807, 2.05) is 0 Å². The lowest BCUT2D eigenvalue weighted by molar-refractivity contribution is -0.138. The summed E-state index contributed by atoms with van der Waals surface area (Å²) in [5, 5.41) is 2.68. The fourth-order valence-corrected chi connectivity index (χ4v) is 2.41. The van der Waals surface area contributed by atoms with Crippen molar-refractivity contribution in [2.45, 2.75) is 32.6 Å². The Morgan fingerprint density at radius 2 is 1.28 bits per heavy atom. The maximum atomic E-state index is 11.7.